The van der Waals surface area contributed by atoms with Gasteiger partial charge in [-0.3, -0.25) is 0 Å². The van der Waals surface area contributed by atoms with Crippen LogP contribution in [0.5, 0.6) is 5.75 Å². The van der Waals surface area contributed by atoms with Crippen LogP contribution in [0.4, 0.5) is 0 Å². The number of ether oxygens (including phenoxy) is 1. The Kier molecular flexibility index (Phi) is 4.27. The van der Waals surface area contributed by atoms with Gasteiger partial charge in [0, 0.05) is 17.6 Å². The van der Waals surface area contributed by atoms with E-state index in [9.17, 15) is 5.11 Å². The van der Waals surface area contributed by atoms with Crippen LogP contribution in [0.15, 0.2) is 18.2 Å². The monoisotopic (exact) mass is 275 g/mol. The zero-order valence-corrected chi connectivity index (χ0v) is 12.3. The number of nitrogens with one attached hydrogen (secondary N) is 1. The van der Waals surface area contributed by atoms with Crippen LogP contribution in [-0.2, 0) is 0 Å². The molecule has 1 aliphatic heterocycles. The van der Waals surface area contributed by atoms with E-state index in [-0.39, 0.29) is 6.10 Å². The summed E-state index contributed by atoms with van der Waals surface area (Å²) in [4.78, 5) is 0. The van der Waals surface area contributed by atoms with Crippen LogP contribution >= 0.6 is 0 Å². The van der Waals surface area contributed by atoms with Crippen molar-refractivity contribution in [3.8, 4) is 5.75 Å². The van der Waals surface area contributed by atoms with Crippen molar-refractivity contribution in [1.29, 1.82) is 0 Å². The van der Waals surface area contributed by atoms with Crippen LogP contribution in [0.1, 0.15) is 55.7 Å². The fourth-order valence-corrected chi connectivity index (χ4v) is 3.40. The molecule has 0 aromatic heterocycles. The number of hydrogen-bond donors (Lipinski definition) is 2. The van der Waals surface area contributed by atoms with Gasteiger partial charge >= 0.3 is 0 Å². The van der Waals surface area contributed by atoms with Crippen molar-refractivity contribution in [2.24, 2.45) is 0 Å². The molecule has 1 aromatic rings. The Morgan fingerprint density at radius 3 is 2.75 bits per heavy atom. The molecule has 3 heteroatoms. The predicted octanol–water partition coefficient (Wildman–Crippen LogP) is 3.10. The summed E-state index contributed by atoms with van der Waals surface area (Å²) >= 11 is 0. The van der Waals surface area contributed by atoms with E-state index < -0.39 is 0 Å². The Balaban J connectivity index is 1.74. The third-order valence-corrected chi connectivity index (χ3v) is 4.57. The minimum absolute atomic E-state index is 0.0833. The Morgan fingerprint density at radius 2 is 1.95 bits per heavy atom. The second kappa shape index (κ2) is 6.15. The standard InChI is InChI=1S/C17H25NO2/c1-12-4-9-17-15(11-12)16(3-2-10-20-17)18-13-5-7-14(19)8-6-13/h4,9,11,13-14,16,18-19H,2-3,5-8,10H2,1H3. The molecule has 0 saturated heterocycles. The maximum Gasteiger partial charge on any atom is 0.124 e. The Labute approximate surface area is 121 Å². The van der Waals surface area contributed by atoms with Gasteiger partial charge in [-0.05, 0) is 51.5 Å². The van der Waals surface area contributed by atoms with Gasteiger partial charge in [0.25, 0.3) is 0 Å². The normalized spacial score (nSPS) is 30.2. The van der Waals surface area contributed by atoms with Crippen LogP contribution in [0.2, 0.25) is 0 Å². The molecule has 0 spiro atoms. The lowest BCUT2D eigenvalue weighted by Gasteiger charge is -2.30. The van der Waals surface area contributed by atoms with Crippen molar-refractivity contribution in [3.63, 3.8) is 0 Å². The van der Waals surface area contributed by atoms with E-state index in [0.717, 1.165) is 50.9 Å². The molecular formula is C17H25NO2. The minimum Gasteiger partial charge on any atom is -0.493 e. The first-order valence-electron chi connectivity index (χ1n) is 7.90. The fraction of sp³-hybridized carbons (Fsp3) is 0.647. The molecule has 3 nitrogen and oxygen atoms in total. The van der Waals surface area contributed by atoms with Gasteiger partial charge in [0.2, 0.25) is 0 Å². The highest BCUT2D eigenvalue weighted by Gasteiger charge is 2.25. The Hall–Kier alpha value is -1.06. The second-order valence-electron chi connectivity index (χ2n) is 6.26. The van der Waals surface area contributed by atoms with E-state index >= 15 is 0 Å². The number of aliphatic hydroxyl groups excluding tert-OH is 1. The average molecular weight is 275 g/mol. The first-order chi connectivity index (χ1) is 9.72. The van der Waals surface area contributed by atoms with E-state index in [1.165, 1.54) is 11.1 Å². The third-order valence-electron chi connectivity index (χ3n) is 4.57. The highest BCUT2D eigenvalue weighted by Crippen LogP contribution is 2.33. The number of hydrogen-bond acceptors (Lipinski definition) is 3. The zero-order chi connectivity index (χ0) is 13.9. The molecule has 20 heavy (non-hydrogen) atoms. The van der Waals surface area contributed by atoms with E-state index in [1.54, 1.807) is 0 Å². The summed E-state index contributed by atoms with van der Waals surface area (Å²) in [5, 5.41) is 13.4. The van der Waals surface area contributed by atoms with Gasteiger partial charge in [-0.15, -0.1) is 0 Å². The van der Waals surface area contributed by atoms with E-state index in [1.807, 2.05) is 0 Å². The van der Waals surface area contributed by atoms with Gasteiger partial charge in [0.15, 0.2) is 0 Å². The van der Waals surface area contributed by atoms with Gasteiger partial charge in [-0.25, -0.2) is 0 Å². The van der Waals surface area contributed by atoms with Crippen molar-refractivity contribution in [1.82, 2.24) is 5.32 Å². The van der Waals surface area contributed by atoms with Gasteiger partial charge in [0.1, 0.15) is 5.75 Å². The molecule has 2 aliphatic rings. The average Bonchev–Trinajstić information content (AvgIpc) is 2.64. The summed E-state index contributed by atoms with van der Waals surface area (Å²) in [7, 11) is 0. The number of fused-ring (bicyclic) bond motifs is 1. The number of benzene rings is 1. The molecule has 110 valence electrons. The molecule has 1 aromatic carbocycles. The number of aliphatic hydroxyl groups is 1. The quantitative estimate of drug-likeness (QED) is 0.871. The van der Waals surface area contributed by atoms with E-state index in [2.05, 4.69) is 30.4 Å². The highest BCUT2D eigenvalue weighted by molar-refractivity contribution is 5.39. The second-order valence-corrected chi connectivity index (χ2v) is 6.26. The number of rotatable bonds is 2. The summed E-state index contributed by atoms with van der Waals surface area (Å²) < 4.78 is 5.86. The largest absolute Gasteiger partial charge is 0.493 e. The van der Waals surface area contributed by atoms with Crippen LogP contribution in [0.3, 0.4) is 0 Å². The first kappa shape index (κ1) is 13.9. The molecule has 1 saturated carbocycles. The molecule has 0 amide bonds. The van der Waals surface area contributed by atoms with Crippen molar-refractivity contribution < 1.29 is 9.84 Å². The summed E-state index contributed by atoms with van der Waals surface area (Å²) in [5.41, 5.74) is 2.61. The van der Waals surface area contributed by atoms with E-state index in [4.69, 9.17) is 4.74 Å². The lowest BCUT2D eigenvalue weighted by Crippen LogP contribution is -2.37. The molecule has 1 atom stereocenters. The van der Waals surface area contributed by atoms with Crippen molar-refractivity contribution in [2.75, 3.05) is 6.61 Å². The first-order valence-corrected chi connectivity index (χ1v) is 7.90. The third kappa shape index (κ3) is 3.15. The van der Waals surface area contributed by atoms with E-state index in [0.29, 0.717) is 12.1 Å². The van der Waals surface area contributed by atoms with Crippen molar-refractivity contribution in [2.45, 2.75) is 63.6 Å². The maximum absolute atomic E-state index is 9.62. The molecular weight excluding hydrogens is 250 g/mol. The van der Waals surface area contributed by atoms with Crippen molar-refractivity contribution >= 4 is 0 Å². The lowest BCUT2D eigenvalue weighted by atomic mass is 9.91. The molecule has 0 radical (unpaired) electrons. The van der Waals surface area contributed by atoms with Crippen LogP contribution < -0.4 is 10.1 Å². The highest BCUT2D eigenvalue weighted by atomic mass is 16.5. The smallest absolute Gasteiger partial charge is 0.124 e. The lowest BCUT2D eigenvalue weighted by molar-refractivity contribution is 0.114. The maximum atomic E-state index is 9.62. The van der Waals surface area contributed by atoms with Crippen molar-refractivity contribution in [3.05, 3.63) is 29.3 Å². The van der Waals surface area contributed by atoms with Gasteiger partial charge in [-0.2, -0.15) is 0 Å². The van der Waals surface area contributed by atoms with Crippen LogP contribution in [-0.4, -0.2) is 23.9 Å². The molecule has 1 fully saturated rings. The number of aryl methyl sites for hydroxylation is 1. The summed E-state index contributed by atoms with van der Waals surface area (Å²) in [5.74, 6) is 1.04. The van der Waals surface area contributed by atoms with Crippen LogP contribution in [0.25, 0.3) is 0 Å². The predicted molar refractivity (Wildman–Crippen MR) is 80.0 cm³/mol. The molecule has 1 aliphatic carbocycles. The fourth-order valence-electron chi connectivity index (χ4n) is 3.40. The molecule has 2 N–H and O–H groups in total. The summed E-state index contributed by atoms with van der Waals surface area (Å²) in [6.07, 6.45) is 6.18. The SMILES string of the molecule is Cc1ccc2c(c1)C(NC1CCC(O)CC1)CCCO2. The zero-order valence-electron chi connectivity index (χ0n) is 12.3. The van der Waals surface area contributed by atoms with Gasteiger partial charge < -0.3 is 15.2 Å². The molecule has 1 unspecified atom stereocenters. The Morgan fingerprint density at radius 1 is 1.15 bits per heavy atom. The molecule has 3 rings (SSSR count). The van der Waals surface area contributed by atoms with Gasteiger partial charge in [0.05, 0.1) is 12.7 Å². The topological polar surface area (TPSA) is 41.5 Å². The van der Waals surface area contributed by atoms with Crippen LogP contribution in [0, 0.1) is 6.92 Å². The molecule has 0 bridgehead atoms. The van der Waals surface area contributed by atoms with Gasteiger partial charge in [-0.1, -0.05) is 17.7 Å². The minimum atomic E-state index is -0.0833. The summed E-state index contributed by atoms with van der Waals surface area (Å²) in [6, 6.07) is 7.42. The Bertz CT molecular complexity index is 452. The molecule has 1 heterocycles. The summed E-state index contributed by atoms with van der Waals surface area (Å²) in [6.45, 7) is 2.96.